The molecule has 308 valence electrons. The van der Waals surface area contributed by atoms with Crippen LogP contribution in [0.25, 0.3) is 22.4 Å². The number of anilines is 1. The molecule has 0 fully saturated rings. The van der Waals surface area contributed by atoms with E-state index in [9.17, 15) is 19.2 Å². The molecule has 0 amide bonds. The maximum Gasteiger partial charge on any atom is 0.336 e. The highest BCUT2D eigenvalue weighted by atomic mass is 32.1. The maximum atomic E-state index is 13.0. The van der Waals surface area contributed by atoms with Crippen LogP contribution in [0.3, 0.4) is 0 Å². The molecule has 4 aromatic carbocycles. The van der Waals surface area contributed by atoms with Crippen molar-refractivity contribution in [3.05, 3.63) is 145 Å². The molecule has 0 saturated carbocycles. The number of carbonyl (C=O) groups excluding carboxylic acids is 4. The summed E-state index contributed by atoms with van der Waals surface area (Å²) in [7, 11) is 0. The molecule has 5 aromatic rings. The van der Waals surface area contributed by atoms with Crippen LogP contribution in [0, 0.1) is 0 Å². The van der Waals surface area contributed by atoms with Gasteiger partial charge < -0.3 is 28.4 Å². The quantitative estimate of drug-likeness (QED) is 0.0167. The number of hydrazone groups is 1. The van der Waals surface area contributed by atoms with E-state index in [1.54, 1.807) is 60.7 Å². The standard InChI is InChI=1S/C46H43N3O10S/c1-3-42(50)56-29-9-7-27-54-36-19-13-33(14-20-36)17-25-44(52)58-38-23-24-40(35(31-38)32-47-49-46-48-39-11-5-6-12-41(39)60-46)59-45(53)26-18-34-15-21-37(22-16-34)55-28-8-10-30-57-43(51)4-2/h3-6,11-26,31-32H,1-2,7-10,27-30H2,(H,48,49)/b25-17+,26-18+,47-32+. The van der Waals surface area contributed by atoms with Crippen molar-refractivity contribution in [3.8, 4) is 23.0 Å². The number of nitrogens with one attached hydrogen (secondary N) is 1. The number of rotatable bonds is 23. The Morgan fingerprint density at radius 1 is 0.633 bits per heavy atom. The van der Waals surface area contributed by atoms with Gasteiger partial charge in [0.1, 0.15) is 23.0 Å². The van der Waals surface area contributed by atoms with E-state index < -0.39 is 23.9 Å². The highest BCUT2D eigenvalue weighted by Crippen LogP contribution is 2.27. The first kappa shape index (κ1) is 43.8. The summed E-state index contributed by atoms with van der Waals surface area (Å²) in [5, 5.41) is 4.87. The fraction of sp³-hybridized carbons (Fsp3) is 0.174. The first-order chi connectivity index (χ1) is 29.3. The predicted octanol–water partition coefficient (Wildman–Crippen LogP) is 8.76. The van der Waals surface area contributed by atoms with Gasteiger partial charge in [0.25, 0.3) is 0 Å². The number of unbranched alkanes of at least 4 members (excludes halogenated alkanes) is 2. The van der Waals surface area contributed by atoms with Gasteiger partial charge in [0.15, 0.2) is 0 Å². The van der Waals surface area contributed by atoms with Crippen LogP contribution in [0.5, 0.6) is 23.0 Å². The van der Waals surface area contributed by atoms with Gasteiger partial charge in [-0.1, -0.05) is 60.9 Å². The Hall–Kier alpha value is -7.32. The molecule has 0 unspecified atom stereocenters. The number of nitrogens with zero attached hydrogens (tertiary/aromatic N) is 2. The number of thiazole rings is 1. The molecule has 0 spiro atoms. The van der Waals surface area contributed by atoms with Crippen molar-refractivity contribution in [1.82, 2.24) is 4.98 Å². The zero-order valence-corrected chi connectivity index (χ0v) is 33.5. The van der Waals surface area contributed by atoms with Gasteiger partial charge in [-0.2, -0.15) is 5.10 Å². The summed E-state index contributed by atoms with van der Waals surface area (Å²) in [6, 6.07) is 26.6. The predicted molar refractivity (Wildman–Crippen MR) is 231 cm³/mol. The molecule has 0 saturated heterocycles. The highest BCUT2D eigenvalue weighted by Gasteiger charge is 2.11. The van der Waals surface area contributed by atoms with E-state index in [1.807, 2.05) is 24.3 Å². The largest absolute Gasteiger partial charge is 0.494 e. The van der Waals surface area contributed by atoms with Gasteiger partial charge in [-0.25, -0.2) is 24.2 Å². The molecular weight excluding hydrogens is 787 g/mol. The Bertz CT molecular complexity index is 2300. The molecule has 14 heteroatoms. The van der Waals surface area contributed by atoms with Gasteiger partial charge in [0, 0.05) is 29.9 Å². The van der Waals surface area contributed by atoms with Crippen LogP contribution in [0.2, 0.25) is 0 Å². The normalized spacial score (nSPS) is 11.1. The van der Waals surface area contributed by atoms with Crippen molar-refractivity contribution < 1.29 is 47.6 Å². The summed E-state index contributed by atoms with van der Waals surface area (Å²) < 4.78 is 33.6. The number of carbonyl (C=O) groups is 4. The Balaban J connectivity index is 1.16. The van der Waals surface area contributed by atoms with Crippen molar-refractivity contribution in [2.45, 2.75) is 25.7 Å². The van der Waals surface area contributed by atoms with Gasteiger partial charge >= 0.3 is 23.9 Å². The molecule has 13 nitrogen and oxygen atoms in total. The molecule has 0 aliphatic carbocycles. The van der Waals surface area contributed by atoms with E-state index in [4.69, 9.17) is 28.4 Å². The lowest BCUT2D eigenvalue weighted by Crippen LogP contribution is -2.08. The van der Waals surface area contributed by atoms with E-state index in [1.165, 1.54) is 47.9 Å². The zero-order chi connectivity index (χ0) is 42.4. The molecule has 0 radical (unpaired) electrons. The van der Waals surface area contributed by atoms with Crippen LogP contribution < -0.4 is 24.4 Å². The highest BCUT2D eigenvalue weighted by molar-refractivity contribution is 7.22. The molecule has 1 heterocycles. The summed E-state index contributed by atoms with van der Waals surface area (Å²) in [4.78, 5) is 52.5. The lowest BCUT2D eigenvalue weighted by Gasteiger charge is -2.09. The Labute approximate surface area is 351 Å². The Morgan fingerprint density at radius 2 is 1.17 bits per heavy atom. The number of esters is 4. The third kappa shape index (κ3) is 15.2. The first-order valence-electron chi connectivity index (χ1n) is 18.9. The van der Waals surface area contributed by atoms with Crippen LogP contribution in [-0.2, 0) is 28.7 Å². The monoisotopic (exact) mass is 829 g/mol. The second-order valence-electron chi connectivity index (χ2n) is 12.6. The van der Waals surface area contributed by atoms with Gasteiger partial charge in [0.2, 0.25) is 5.13 Å². The third-order valence-electron chi connectivity index (χ3n) is 8.09. The topological polar surface area (TPSA) is 161 Å². The summed E-state index contributed by atoms with van der Waals surface area (Å²) in [5.41, 5.74) is 5.59. The van der Waals surface area contributed by atoms with E-state index >= 15 is 0 Å². The van der Waals surface area contributed by atoms with Gasteiger partial charge in [-0.05, 0) is 104 Å². The van der Waals surface area contributed by atoms with E-state index in [-0.39, 0.29) is 11.5 Å². The minimum absolute atomic E-state index is 0.177. The Morgan fingerprint density at radius 3 is 1.73 bits per heavy atom. The number of para-hydroxylation sites is 1. The number of fused-ring (bicyclic) bond motifs is 1. The van der Waals surface area contributed by atoms with Gasteiger partial charge in [-0.3, -0.25) is 5.43 Å². The average molecular weight is 830 g/mol. The smallest absolute Gasteiger partial charge is 0.336 e. The second-order valence-corrected chi connectivity index (χ2v) is 13.6. The lowest BCUT2D eigenvalue weighted by atomic mass is 10.2. The van der Waals surface area contributed by atoms with Crippen LogP contribution in [0.15, 0.2) is 134 Å². The first-order valence-corrected chi connectivity index (χ1v) is 19.7. The molecule has 5 rings (SSSR count). The molecule has 0 atom stereocenters. The molecular formula is C46H43N3O10S. The van der Waals surface area contributed by atoms with Gasteiger partial charge in [-0.15, -0.1) is 0 Å². The van der Waals surface area contributed by atoms with Gasteiger partial charge in [0.05, 0.1) is 42.9 Å². The van der Waals surface area contributed by atoms with Crippen LogP contribution >= 0.6 is 11.3 Å². The number of hydrogen-bond acceptors (Lipinski definition) is 14. The minimum atomic E-state index is -0.642. The fourth-order valence-electron chi connectivity index (χ4n) is 5.08. The number of aromatic nitrogens is 1. The van der Waals surface area contributed by atoms with Crippen LogP contribution in [0.4, 0.5) is 5.13 Å². The SMILES string of the molecule is C=CC(=O)OCCCCOc1ccc(/C=C/C(=O)Oc2ccc(OC(=O)/C=C/c3ccc(OCCCCOC(=O)C=C)cc3)c(/C=N/Nc3nc4ccccc4s3)c2)cc1. The zero-order valence-electron chi connectivity index (χ0n) is 32.7. The summed E-state index contributed by atoms with van der Waals surface area (Å²) >= 11 is 1.43. The molecule has 0 aliphatic heterocycles. The number of ether oxygens (including phenoxy) is 6. The maximum absolute atomic E-state index is 13.0. The number of benzene rings is 4. The summed E-state index contributed by atoms with van der Waals surface area (Å²) in [6.07, 6.45) is 12.3. The van der Waals surface area contributed by atoms with E-state index in [2.05, 4.69) is 28.7 Å². The third-order valence-corrected chi connectivity index (χ3v) is 9.03. The van der Waals surface area contributed by atoms with Crippen LogP contribution in [-0.4, -0.2) is 61.5 Å². The lowest BCUT2D eigenvalue weighted by molar-refractivity contribution is -0.138. The average Bonchev–Trinajstić information content (AvgIpc) is 3.69. The summed E-state index contributed by atoms with van der Waals surface area (Å²) in [5.74, 6) is -0.466. The van der Waals surface area contributed by atoms with Crippen molar-refractivity contribution in [2.24, 2.45) is 5.10 Å². The molecule has 0 bridgehead atoms. The van der Waals surface area contributed by atoms with Crippen molar-refractivity contribution >= 4 is 68.9 Å². The molecule has 60 heavy (non-hydrogen) atoms. The van der Waals surface area contributed by atoms with Crippen LogP contribution in [0.1, 0.15) is 42.4 Å². The number of hydrogen-bond donors (Lipinski definition) is 1. The minimum Gasteiger partial charge on any atom is -0.494 e. The Kier molecular flexibility index (Phi) is 17.4. The van der Waals surface area contributed by atoms with Crippen molar-refractivity contribution in [2.75, 3.05) is 31.9 Å². The molecule has 0 aliphatic rings. The van der Waals surface area contributed by atoms with Crippen molar-refractivity contribution in [1.29, 1.82) is 0 Å². The van der Waals surface area contributed by atoms with E-state index in [0.29, 0.717) is 74.3 Å². The second kappa shape index (κ2) is 23.8. The van der Waals surface area contributed by atoms with Crippen molar-refractivity contribution in [3.63, 3.8) is 0 Å². The van der Waals surface area contributed by atoms with E-state index in [0.717, 1.165) is 33.5 Å². The summed E-state index contributed by atoms with van der Waals surface area (Å²) in [6.45, 7) is 8.25. The molecule has 1 N–H and O–H groups in total. The fourth-order valence-corrected chi connectivity index (χ4v) is 5.90. The molecule has 1 aromatic heterocycles.